The van der Waals surface area contributed by atoms with Crippen LogP contribution < -0.4 is 0 Å². The minimum atomic E-state index is 0.205. The van der Waals surface area contributed by atoms with Crippen molar-refractivity contribution in [2.24, 2.45) is 0 Å². The minimum absolute atomic E-state index is 0.205. The Labute approximate surface area is 121 Å². The van der Waals surface area contributed by atoms with Gasteiger partial charge in [-0.15, -0.1) is 0 Å². The van der Waals surface area contributed by atoms with E-state index in [1.807, 2.05) is 12.1 Å². The number of halogens is 1. The first-order valence-corrected chi connectivity index (χ1v) is 7.42. The number of benzene rings is 1. The summed E-state index contributed by atoms with van der Waals surface area (Å²) < 4.78 is 5.22. The molecule has 6 heteroatoms. The highest BCUT2D eigenvalue weighted by molar-refractivity contribution is 7.99. The molecule has 19 heavy (non-hydrogen) atoms. The van der Waals surface area contributed by atoms with Gasteiger partial charge in [0.25, 0.3) is 5.89 Å². The van der Waals surface area contributed by atoms with Gasteiger partial charge in [0, 0.05) is 22.4 Å². The maximum absolute atomic E-state index is 8.84. The Morgan fingerprint density at radius 3 is 2.79 bits per heavy atom. The van der Waals surface area contributed by atoms with Gasteiger partial charge in [0.1, 0.15) is 0 Å². The molecule has 1 unspecified atom stereocenters. The van der Waals surface area contributed by atoms with Crippen LogP contribution >= 0.6 is 23.4 Å². The first-order valence-electron chi connectivity index (χ1n) is 6.00. The fraction of sp³-hybridized carbons (Fsp3) is 0.385. The van der Waals surface area contributed by atoms with E-state index in [0.29, 0.717) is 27.7 Å². The number of aliphatic hydroxyl groups is 1. The summed E-state index contributed by atoms with van der Waals surface area (Å²) in [6.45, 7) is 2.28. The van der Waals surface area contributed by atoms with Gasteiger partial charge in [-0.05, 0) is 30.7 Å². The SMILES string of the molecule is CC(CCO)SCc1noc(-c2ccc(Cl)cc2)n1. The van der Waals surface area contributed by atoms with Crippen LogP contribution in [-0.2, 0) is 5.75 Å². The molecule has 0 saturated carbocycles. The molecule has 1 aromatic carbocycles. The molecule has 2 aromatic rings. The highest BCUT2D eigenvalue weighted by Gasteiger charge is 2.10. The third-order valence-corrected chi connectivity index (χ3v) is 4.07. The maximum Gasteiger partial charge on any atom is 0.257 e. The van der Waals surface area contributed by atoms with Crippen LogP contribution in [0.3, 0.4) is 0 Å². The average molecular weight is 299 g/mol. The van der Waals surface area contributed by atoms with Crippen LogP contribution in [0.1, 0.15) is 19.2 Å². The highest BCUT2D eigenvalue weighted by Crippen LogP contribution is 2.22. The molecule has 102 valence electrons. The molecule has 0 aliphatic heterocycles. The zero-order valence-electron chi connectivity index (χ0n) is 10.5. The molecule has 4 nitrogen and oxygen atoms in total. The number of thioether (sulfide) groups is 1. The molecule has 0 bridgehead atoms. The van der Waals surface area contributed by atoms with Crippen molar-refractivity contribution in [1.82, 2.24) is 10.1 Å². The molecule has 0 aliphatic carbocycles. The zero-order valence-corrected chi connectivity index (χ0v) is 12.1. The van der Waals surface area contributed by atoms with Crippen LogP contribution in [0, 0.1) is 0 Å². The van der Waals surface area contributed by atoms with Crippen molar-refractivity contribution in [2.75, 3.05) is 6.61 Å². The van der Waals surface area contributed by atoms with Gasteiger partial charge in [0.05, 0.1) is 5.75 Å². The normalized spacial score (nSPS) is 12.6. The summed E-state index contributed by atoms with van der Waals surface area (Å²) >= 11 is 7.53. The highest BCUT2D eigenvalue weighted by atomic mass is 35.5. The first-order chi connectivity index (χ1) is 9.19. The number of aliphatic hydroxyl groups excluding tert-OH is 1. The number of nitrogens with zero attached hydrogens (tertiary/aromatic N) is 2. The maximum atomic E-state index is 8.84. The van der Waals surface area contributed by atoms with Gasteiger partial charge >= 0.3 is 0 Å². The molecule has 2 rings (SSSR count). The fourth-order valence-electron chi connectivity index (χ4n) is 1.50. The summed E-state index contributed by atoms with van der Waals surface area (Å²) in [5.41, 5.74) is 0.858. The van der Waals surface area contributed by atoms with Crippen LogP contribution in [0.15, 0.2) is 28.8 Å². The quantitative estimate of drug-likeness (QED) is 0.886. The van der Waals surface area contributed by atoms with Gasteiger partial charge in [-0.2, -0.15) is 16.7 Å². The van der Waals surface area contributed by atoms with Crippen molar-refractivity contribution in [3.05, 3.63) is 35.1 Å². The first kappa shape index (κ1) is 14.4. The van der Waals surface area contributed by atoms with E-state index in [-0.39, 0.29) is 6.61 Å². The molecule has 0 fully saturated rings. The van der Waals surface area contributed by atoms with E-state index in [9.17, 15) is 0 Å². The molecule has 0 spiro atoms. The molecule has 1 heterocycles. The van der Waals surface area contributed by atoms with E-state index in [1.165, 1.54) is 0 Å². The average Bonchev–Trinajstić information content (AvgIpc) is 2.86. The Kier molecular flexibility index (Phi) is 5.24. The van der Waals surface area contributed by atoms with Crippen molar-refractivity contribution < 1.29 is 9.63 Å². The van der Waals surface area contributed by atoms with E-state index in [2.05, 4.69) is 17.1 Å². The van der Waals surface area contributed by atoms with E-state index in [4.69, 9.17) is 21.2 Å². The number of hydrogen-bond acceptors (Lipinski definition) is 5. The van der Waals surface area contributed by atoms with Gasteiger partial charge in [-0.3, -0.25) is 0 Å². The Hall–Kier alpha value is -1.04. The van der Waals surface area contributed by atoms with Gasteiger partial charge in [-0.25, -0.2) is 0 Å². The Bertz CT molecular complexity index is 516. The number of aromatic nitrogens is 2. The molecule has 1 aromatic heterocycles. The van der Waals surface area contributed by atoms with Crippen LogP contribution in [-0.4, -0.2) is 27.1 Å². The van der Waals surface area contributed by atoms with Crippen LogP contribution in [0.2, 0.25) is 5.02 Å². The second kappa shape index (κ2) is 6.93. The summed E-state index contributed by atoms with van der Waals surface area (Å²) in [4.78, 5) is 4.34. The van der Waals surface area contributed by atoms with Crippen LogP contribution in [0.4, 0.5) is 0 Å². The standard InChI is InChI=1S/C13H15ClN2O2S/c1-9(6-7-17)19-8-12-15-13(18-16-12)10-2-4-11(14)5-3-10/h2-5,9,17H,6-8H2,1H3. The largest absolute Gasteiger partial charge is 0.396 e. The fourth-order valence-corrected chi connectivity index (χ4v) is 2.45. The van der Waals surface area contributed by atoms with Crippen molar-refractivity contribution in [3.63, 3.8) is 0 Å². The smallest absolute Gasteiger partial charge is 0.257 e. The monoisotopic (exact) mass is 298 g/mol. The predicted octanol–water partition coefficient (Wildman–Crippen LogP) is 3.39. The Morgan fingerprint density at radius 1 is 1.37 bits per heavy atom. The summed E-state index contributed by atoms with van der Waals surface area (Å²) in [7, 11) is 0. The van der Waals surface area contributed by atoms with Crippen molar-refractivity contribution >= 4 is 23.4 Å². The zero-order chi connectivity index (χ0) is 13.7. The number of rotatable bonds is 6. The van der Waals surface area contributed by atoms with E-state index >= 15 is 0 Å². The second-order valence-corrected chi connectivity index (χ2v) is 6.02. The summed E-state index contributed by atoms with van der Waals surface area (Å²) in [5.74, 6) is 1.85. The summed E-state index contributed by atoms with van der Waals surface area (Å²) in [5, 5.41) is 13.8. The predicted molar refractivity (Wildman–Crippen MR) is 77.2 cm³/mol. The lowest BCUT2D eigenvalue weighted by Gasteiger charge is -2.06. The van der Waals surface area contributed by atoms with Gasteiger partial charge in [-0.1, -0.05) is 23.7 Å². The Morgan fingerprint density at radius 2 is 2.11 bits per heavy atom. The van der Waals surface area contributed by atoms with E-state index in [0.717, 1.165) is 12.0 Å². The third-order valence-electron chi connectivity index (χ3n) is 2.59. The lowest BCUT2D eigenvalue weighted by atomic mass is 10.2. The molecule has 0 amide bonds. The second-order valence-electron chi connectivity index (χ2n) is 4.16. The van der Waals surface area contributed by atoms with Crippen molar-refractivity contribution in [1.29, 1.82) is 0 Å². The van der Waals surface area contributed by atoms with E-state index in [1.54, 1.807) is 23.9 Å². The lowest BCUT2D eigenvalue weighted by Crippen LogP contribution is -2.00. The molecule has 1 N–H and O–H groups in total. The molecular formula is C13H15ClN2O2S. The molecule has 0 saturated heterocycles. The summed E-state index contributed by atoms with van der Waals surface area (Å²) in [6.07, 6.45) is 0.770. The topological polar surface area (TPSA) is 59.2 Å². The van der Waals surface area contributed by atoms with E-state index < -0.39 is 0 Å². The molecular weight excluding hydrogens is 284 g/mol. The Balaban J connectivity index is 1.97. The molecule has 0 radical (unpaired) electrons. The van der Waals surface area contributed by atoms with Gasteiger partial charge < -0.3 is 9.63 Å². The minimum Gasteiger partial charge on any atom is -0.396 e. The molecule has 1 atom stereocenters. The third kappa shape index (κ3) is 4.23. The molecule has 0 aliphatic rings. The van der Waals surface area contributed by atoms with Crippen molar-refractivity contribution in [3.8, 4) is 11.5 Å². The number of hydrogen-bond donors (Lipinski definition) is 1. The van der Waals surface area contributed by atoms with Crippen molar-refractivity contribution in [2.45, 2.75) is 24.3 Å². The van der Waals surface area contributed by atoms with Crippen LogP contribution in [0.5, 0.6) is 0 Å². The van der Waals surface area contributed by atoms with Crippen LogP contribution in [0.25, 0.3) is 11.5 Å². The van der Waals surface area contributed by atoms with Gasteiger partial charge in [0.2, 0.25) is 0 Å². The lowest BCUT2D eigenvalue weighted by molar-refractivity contribution is 0.289. The van der Waals surface area contributed by atoms with Gasteiger partial charge in [0.15, 0.2) is 5.82 Å². The summed E-state index contributed by atoms with van der Waals surface area (Å²) in [6, 6.07) is 7.28.